The maximum atomic E-state index is 4.78. The van der Waals surface area contributed by atoms with Crippen molar-refractivity contribution in [3.63, 3.8) is 0 Å². The highest BCUT2D eigenvalue weighted by Gasteiger charge is 2.06. The molecule has 0 bridgehead atoms. The van der Waals surface area contributed by atoms with Gasteiger partial charge in [-0.15, -0.1) is 0 Å². The molecule has 0 spiro atoms. The van der Waals surface area contributed by atoms with Gasteiger partial charge in [-0.1, -0.05) is 24.3 Å². The average Bonchev–Trinajstić information content (AvgIpc) is 2.34. The lowest BCUT2D eigenvalue weighted by molar-refractivity contribution is 1.32. The van der Waals surface area contributed by atoms with Crippen LogP contribution in [0.4, 0.5) is 0 Å². The molecule has 0 radical (unpaired) electrons. The number of aromatic nitrogens is 1. The van der Waals surface area contributed by atoms with E-state index in [0.717, 1.165) is 11.0 Å². The molecule has 3 aromatic rings. The summed E-state index contributed by atoms with van der Waals surface area (Å²) in [6.45, 7) is 6.47. The van der Waals surface area contributed by atoms with Crippen molar-refractivity contribution in [2.24, 2.45) is 0 Å². The fourth-order valence-corrected chi connectivity index (χ4v) is 2.42. The summed E-state index contributed by atoms with van der Waals surface area (Å²) in [7, 11) is 0. The van der Waals surface area contributed by atoms with Gasteiger partial charge in [-0.2, -0.15) is 0 Å². The van der Waals surface area contributed by atoms with Crippen LogP contribution in [0.5, 0.6) is 0 Å². The quantitative estimate of drug-likeness (QED) is 0.515. The lowest BCUT2D eigenvalue weighted by Crippen LogP contribution is -1.91. The second kappa shape index (κ2) is 3.56. The third-order valence-electron chi connectivity index (χ3n) is 3.53. The first kappa shape index (κ1) is 10.3. The Bertz CT molecular complexity index is 726. The van der Waals surface area contributed by atoms with Crippen LogP contribution in [0.15, 0.2) is 36.4 Å². The van der Waals surface area contributed by atoms with Crippen LogP contribution < -0.4 is 0 Å². The predicted octanol–water partition coefficient (Wildman–Crippen LogP) is 4.31. The molecule has 0 aliphatic carbocycles. The molecule has 0 unspecified atom stereocenters. The summed E-state index contributed by atoms with van der Waals surface area (Å²) in [5.41, 5.74) is 6.14. The molecule has 1 heterocycles. The van der Waals surface area contributed by atoms with Gasteiger partial charge in [0.05, 0.1) is 11.0 Å². The molecule has 0 saturated carbocycles. The van der Waals surface area contributed by atoms with E-state index in [2.05, 4.69) is 51.1 Å². The molecule has 0 amide bonds. The van der Waals surface area contributed by atoms with Crippen molar-refractivity contribution in [3.05, 3.63) is 53.1 Å². The van der Waals surface area contributed by atoms with E-state index in [-0.39, 0.29) is 0 Å². The zero-order valence-electron chi connectivity index (χ0n) is 10.4. The van der Waals surface area contributed by atoms with Crippen LogP contribution in [-0.4, -0.2) is 4.98 Å². The van der Waals surface area contributed by atoms with Crippen LogP contribution in [-0.2, 0) is 0 Å². The molecule has 0 aliphatic heterocycles. The second-order valence-electron chi connectivity index (χ2n) is 4.71. The first-order chi connectivity index (χ1) is 8.16. The highest BCUT2D eigenvalue weighted by molar-refractivity contribution is 5.96. The normalized spacial score (nSPS) is 11.2. The predicted molar refractivity (Wildman–Crippen MR) is 73.5 cm³/mol. The maximum Gasteiger partial charge on any atom is 0.0741 e. The van der Waals surface area contributed by atoms with Crippen molar-refractivity contribution < 1.29 is 0 Å². The minimum Gasteiger partial charge on any atom is -0.248 e. The molecule has 3 rings (SSSR count). The van der Waals surface area contributed by atoms with Crippen LogP contribution in [0, 0.1) is 20.8 Å². The van der Waals surface area contributed by atoms with Gasteiger partial charge < -0.3 is 0 Å². The fourth-order valence-electron chi connectivity index (χ4n) is 2.42. The Labute approximate surface area is 101 Å². The second-order valence-corrected chi connectivity index (χ2v) is 4.71. The Balaban J connectivity index is 2.56. The third kappa shape index (κ3) is 1.50. The fraction of sp³-hybridized carbons (Fsp3) is 0.188. The minimum atomic E-state index is 1.08. The Kier molecular flexibility index (Phi) is 2.15. The Morgan fingerprint density at radius 2 is 1.65 bits per heavy atom. The zero-order chi connectivity index (χ0) is 12.0. The Morgan fingerprint density at radius 3 is 2.47 bits per heavy atom. The molecular weight excluding hydrogens is 206 g/mol. The summed E-state index contributed by atoms with van der Waals surface area (Å²) in [4.78, 5) is 4.78. The Morgan fingerprint density at radius 1 is 0.882 bits per heavy atom. The monoisotopic (exact) mass is 221 g/mol. The lowest BCUT2D eigenvalue weighted by Gasteiger charge is -2.09. The highest BCUT2D eigenvalue weighted by Crippen LogP contribution is 2.27. The number of nitrogens with zero attached hydrogens (tertiary/aromatic N) is 1. The summed E-state index contributed by atoms with van der Waals surface area (Å²) in [6, 6.07) is 12.8. The Hall–Kier alpha value is -1.89. The number of hydrogen-bond donors (Lipinski definition) is 0. The van der Waals surface area contributed by atoms with Crippen molar-refractivity contribution in [3.8, 4) is 0 Å². The van der Waals surface area contributed by atoms with Crippen molar-refractivity contribution in [2.75, 3.05) is 0 Å². The van der Waals surface area contributed by atoms with E-state index in [4.69, 9.17) is 4.98 Å². The van der Waals surface area contributed by atoms with E-state index in [1.165, 1.54) is 27.5 Å². The van der Waals surface area contributed by atoms with Gasteiger partial charge in [-0.3, -0.25) is 0 Å². The number of fused-ring (bicyclic) bond motifs is 2. The number of aryl methyl sites for hydroxylation is 3. The molecule has 0 N–H and O–H groups in total. The number of para-hydroxylation sites is 1. The molecular formula is C16H15N. The summed E-state index contributed by atoms with van der Waals surface area (Å²) >= 11 is 0. The van der Waals surface area contributed by atoms with Gasteiger partial charge in [0.25, 0.3) is 0 Å². The number of pyridine rings is 1. The summed E-state index contributed by atoms with van der Waals surface area (Å²) in [5.74, 6) is 0. The van der Waals surface area contributed by atoms with E-state index >= 15 is 0 Å². The third-order valence-corrected chi connectivity index (χ3v) is 3.53. The topological polar surface area (TPSA) is 12.9 Å². The molecule has 2 aromatic carbocycles. The molecule has 1 aromatic heterocycles. The van der Waals surface area contributed by atoms with Gasteiger partial charge >= 0.3 is 0 Å². The zero-order valence-corrected chi connectivity index (χ0v) is 10.4. The van der Waals surface area contributed by atoms with Gasteiger partial charge in [-0.25, -0.2) is 4.98 Å². The van der Waals surface area contributed by atoms with E-state index in [1.807, 2.05) is 6.07 Å². The highest BCUT2D eigenvalue weighted by atomic mass is 14.7. The molecule has 0 aliphatic rings. The van der Waals surface area contributed by atoms with Crippen LogP contribution in [0.3, 0.4) is 0 Å². The average molecular weight is 221 g/mol. The van der Waals surface area contributed by atoms with E-state index < -0.39 is 0 Å². The van der Waals surface area contributed by atoms with Crippen molar-refractivity contribution in [2.45, 2.75) is 20.8 Å². The van der Waals surface area contributed by atoms with Gasteiger partial charge in [-0.05, 0) is 49.6 Å². The lowest BCUT2D eigenvalue weighted by atomic mass is 9.99. The summed E-state index contributed by atoms with van der Waals surface area (Å²) in [5, 5.41) is 2.49. The first-order valence-electron chi connectivity index (χ1n) is 5.93. The molecule has 0 fully saturated rings. The molecule has 0 atom stereocenters. The standard InChI is InChI=1S/C16H15N/c1-10-8-11(2)16-14(12(10)3)9-13-6-4-5-7-15(13)17-16/h4-9H,1-3H3. The van der Waals surface area contributed by atoms with Crippen molar-refractivity contribution >= 4 is 21.8 Å². The number of rotatable bonds is 0. The van der Waals surface area contributed by atoms with E-state index in [0.29, 0.717) is 0 Å². The number of hydrogen-bond acceptors (Lipinski definition) is 1. The van der Waals surface area contributed by atoms with Gasteiger partial charge in [0, 0.05) is 10.8 Å². The van der Waals surface area contributed by atoms with Crippen LogP contribution in [0.2, 0.25) is 0 Å². The molecule has 1 nitrogen and oxygen atoms in total. The van der Waals surface area contributed by atoms with E-state index in [1.54, 1.807) is 0 Å². The first-order valence-corrected chi connectivity index (χ1v) is 5.93. The minimum absolute atomic E-state index is 1.08. The van der Waals surface area contributed by atoms with Crippen LogP contribution >= 0.6 is 0 Å². The van der Waals surface area contributed by atoms with Gasteiger partial charge in [0.2, 0.25) is 0 Å². The van der Waals surface area contributed by atoms with Crippen molar-refractivity contribution in [1.82, 2.24) is 4.98 Å². The van der Waals surface area contributed by atoms with Crippen LogP contribution in [0.25, 0.3) is 21.8 Å². The molecule has 0 saturated heterocycles. The summed E-state index contributed by atoms with van der Waals surface area (Å²) in [6.07, 6.45) is 0. The SMILES string of the molecule is Cc1cc(C)c2nc3ccccc3cc2c1C. The molecule has 17 heavy (non-hydrogen) atoms. The molecule has 84 valence electrons. The largest absolute Gasteiger partial charge is 0.248 e. The van der Waals surface area contributed by atoms with Gasteiger partial charge in [0.15, 0.2) is 0 Å². The maximum absolute atomic E-state index is 4.78. The number of benzene rings is 2. The van der Waals surface area contributed by atoms with E-state index in [9.17, 15) is 0 Å². The van der Waals surface area contributed by atoms with Crippen LogP contribution in [0.1, 0.15) is 16.7 Å². The van der Waals surface area contributed by atoms with Gasteiger partial charge in [0.1, 0.15) is 0 Å². The van der Waals surface area contributed by atoms with Crippen molar-refractivity contribution in [1.29, 1.82) is 0 Å². The molecule has 1 heteroatoms. The summed E-state index contributed by atoms with van der Waals surface area (Å²) < 4.78 is 0. The smallest absolute Gasteiger partial charge is 0.0741 e.